The first-order valence-corrected chi connectivity index (χ1v) is 7.45. The van der Waals surface area contributed by atoms with Crippen LogP contribution in [-0.4, -0.2) is 14.3 Å². The number of benzene rings is 1. The van der Waals surface area contributed by atoms with Gasteiger partial charge in [0.1, 0.15) is 0 Å². The van der Waals surface area contributed by atoms with E-state index in [1.165, 1.54) is 0 Å². The minimum atomic E-state index is -0.346. The van der Waals surface area contributed by atoms with Crippen LogP contribution in [0, 0.1) is 3.57 Å². The van der Waals surface area contributed by atoms with Gasteiger partial charge >= 0.3 is 5.76 Å². The summed E-state index contributed by atoms with van der Waals surface area (Å²) in [6.07, 6.45) is 1.93. The van der Waals surface area contributed by atoms with Crippen LogP contribution >= 0.6 is 22.6 Å². The van der Waals surface area contributed by atoms with Gasteiger partial charge in [0, 0.05) is 15.8 Å². The van der Waals surface area contributed by atoms with Crippen molar-refractivity contribution in [2.45, 2.75) is 26.4 Å². The second kappa shape index (κ2) is 5.08. The van der Waals surface area contributed by atoms with Gasteiger partial charge in [-0.25, -0.2) is 4.79 Å². The van der Waals surface area contributed by atoms with Crippen molar-refractivity contribution in [1.29, 1.82) is 0 Å². The number of halogens is 1. The van der Waals surface area contributed by atoms with Crippen molar-refractivity contribution in [3.05, 3.63) is 50.3 Å². The second-order valence-electron chi connectivity index (χ2n) is 4.95. The Hall–Kier alpha value is -1.57. The summed E-state index contributed by atoms with van der Waals surface area (Å²) in [6, 6.07) is 7.96. The zero-order valence-electron chi connectivity index (χ0n) is 11.2. The molecule has 0 aliphatic rings. The van der Waals surface area contributed by atoms with E-state index in [4.69, 9.17) is 4.42 Å². The highest BCUT2D eigenvalue weighted by atomic mass is 127. The van der Waals surface area contributed by atoms with Gasteiger partial charge in [0.2, 0.25) is 0 Å². The van der Waals surface area contributed by atoms with Crippen molar-refractivity contribution in [3.8, 4) is 0 Å². The molecule has 0 N–H and O–H groups in total. The topological polar surface area (TPSA) is 53.0 Å². The van der Waals surface area contributed by atoms with Crippen molar-refractivity contribution >= 4 is 33.7 Å². The number of nitrogens with zero attached hydrogens (tertiary/aromatic N) is 3. The van der Waals surface area contributed by atoms with E-state index in [0.717, 1.165) is 14.8 Å². The van der Waals surface area contributed by atoms with Crippen LogP contribution in [-0.2, 0) is 6.54 Å². The van der Waals surface area contributed by atoms with Gasteiger partial charge in [-0.05, 0) is 60.7 Å². The Kier molecular flexibility index (Phi) is 3.41. The first-order chi connectivity index (χ1) is 9.54. The summed E-state index contributed by atoms with van der Waals surface area (Å²) >= 11 is 2.20. The number of hydrogen-bond acceptors (Lipinski definition) is 3. The van der Waals surface area contributed by atoms with Gasteiger partial charge in [-0.15, -0.1) is 0 Å². The van der Waals surface area contributed by atoms with Crippen LogP contribution in [0.25, 0.3) is 11.1 Å². The molecule has 6 heteroatoms. The molecule has 0 aliphatic carbocycles. The largest absolute Gasteiger partial charge is 0.420 e. The first-order valence-electron chi connectivity index (χ1n) is 6.37. The molecule has 0 saturated heterocycles. The molecule has 0 atom stereocenters. The van der Waals surface area contributed by atoms with Crippen molar-refractivity contribution in [2.75, 3.05) is 0 Å². The molecule has 3 rings (SSSR count). The van der Waals surface area contributed by atoms with Crippen LogP contribution in [0.15, 0.2) is 39.7 Å². The molecule has 20 heavy (non-hydrogen) atoms. The molecule has 0 radical (unpaired) electrons. The van der Waals surface area contributed by atoms with E-state index in [1.807, 2.05) is 35.1 Å². The van der Waals surface area contributed by atoms with E-state index in [9.17, 15) is 4.79 Å². The second-order valence-corrected chi connectivity index (χ2v) is 6.19. The summed E-state index contributed by atoms with van der Waals surface area (Å²) in [5.74, 6) is -0.346. The third-order valence-electron chi connectivity index (χ3n) is 3.14. The molecule has 2 aromatic heterocycles. The maximum absolute atomic E-state index is 12.0. The van der Waals surface area contributed by atoms with E-state index < -0.39 is 0 Å². The van der Waals surface area contributed by atoms with E-state index in [1.54, 1.807) is 4.57 Å². The predicted octanol–water partition coefficient (Wildman–Crippen LogP) is 3.02. The minimum absolute atomic E-state index is 0.308. The highest BCUT2D eigenvalue weighted by Crippen LogP contribution is 2.17. The molecule has 0 bridgehead atoms. The average Bonchev–Trinajstić information content (AvgIpc) is 2.96. The summed E-state index contributed by atoms with van der Waals surface area (Å²) in [6.45, 7) is 4.56. The third-order valence-corrected chi connectivity index (χ3v) is 3.81. The lowest BCUT2D eigenvalue weighted by molar-refractivity contribution is 0.504. The molecule has 3 aromatic rings. The summed E-state index contributed by atoms with van der Waals surface area (Å²) in [4.78, 5) is 12.0. The molecule has 0 spiro atoms. The van der Waals surface area contributed by atoms with E-state index in [0.29, 0.717) is 18.2 Å². The van der Waals surface area contributed by atoms with Gasteiger partial charge in [0.25, 0.3) is 0 Å². The fourth-order valence-electron chi connectivity index (χ4n) is 2.10. The van der Waals surface area contributed by atoms with Crippen molar-refractivity contribution < 1.29 is 4.42 Å². The summed E-state index contributed by atoms with van der Waals surface area (Å²) < 4.78 is 9.81. The average molecular weight is 383 g/mol. The molecule has 0 aliphatic heterocycles. The molecule has 1 aromatic carbocycles. The van der Waals surface area contributed by atoms with Gasteiger partial charge in [-0.2, -0.15) is 5.10 Å². The quantitative estimate of drug-likeness (QED) is 0.654. The zero-order valence-corrected chi connectivity index (χ0v) is 13.4. The van der Waals surface area contributed by atoms with E-state index in [2.05, 4.69) is 41.5 Å². The Bertz CT molecular complexity index is 813. The Morgan fingerprint density at radius 1 is 1.35 bits per heavy atom. The predicted molar refractivity (Wildman–Crippen MR) is 84.9 cm³/mol. The molecular weight excluding hydrogens is 369 g/mol. The summed E-state index contributed by atoms with van der Waals surface area (Å²) in [5.41, 5.74) is 2.27. The van der Waals surface area contributed by atoms with Crippen molar-refractivity contribution in [3.63, 3.8) is 0 Å². The fourth-order valence-corrected chi connectivity index (χ4v) is 2.56. The SMILES string of the molecule is CC(C)n1ccc(Cn2c(=O)oc3cc(I)ccc32)n1. The van der Waals surface area contributed by atoms with Gasteiger partial charge in [-0.3, -0.25) is 9.25 Å². The third kappa shape index (κ3) is 2.39. The van der Waals surface area contributed by atoms with Crippen LogP contribution in [0.3, 0.4) is 0 Å². The highest BCUT2D eigenvalue weighted by Gasteiger charge is 2.11. The molecule has 2 heterocycles. The number of rotatable bonds is 3. The van der Waals surface area contributed by atoms with Crippen LogP contribution in [0.2, 0.25) is 0 Å². The lowest BCUT2D eigenvalue weighted by Crippen LogP contribution is -2.15. The van der Waals surface area contributed by atoms with Crippen LogP contribution < -0.4 is 5.76 Å². The van der Waals surface area contributed by atoms with Gasteiger partial charge in [0.15, 0.2) is 5.58 Å². The molecule has 5 nitrogen and oxygen atoms in total. The number of aromatic nitrogens is 3. The van der Waals surface area contributed by atoms with E-state index >= 15 is 0 Å². The molecule has 104 valence electrons. The normalized spacial score (nSPS) is 11.6. The number of oxazole rings is 1. The minimum Gasteiger partial charge on any atom is -0.408 e. The monoisotopic (exact) mass is 383 g/mol. The first kappa shape index (κ1) is 13.4. The lowest BCUT2D eigenvalue weighted by atomic mass is 10.3. The summed E-state index contributed by atoms with van der Waals surface area (Å²) in [7, 11) is 0. The number of fused-ring (bicyclic) bond motifs is 1. The van der Waals surface area contributed by atoms with Gasteiger partial charge in [0.05, 0.1) is 17.8 Å². The summed E-state index contributed by atoms with van der Waals surface area (Å²) in [5, 5.41) is 4.46. The van der Waals surface area contributed by atoms with Gasteiger partial charge < -0.3 is 4.42 Å². The molecular formula is C14H14IN3O2. The Morgan fingerprint density at radius 2 is 2.15 bits per heavy atom. The smallest absolute Gasteiger partial charge is 0.408 e. The van der Waals surface area contributed by atoms with Gasteiger partial charge in [-0.1, -0.05) is 0 Å². The van der Waals surface area contributed by atoms with Crippen molar-refractivity contribution in [1.82, 2.24) is 14.3 Å². The molecule has 0 amide bonds. The van der Waals surface area contributed by atoms with Crippen molar-refractivity contribution in [2.24, 2.45) is 0 Å². The Labute approximate surface area is 129 Å². The zero-order chi connectivity index (χ0) is 14.3. The Balaban J connectivity index is 2.01. The lowest BCUT2D eigenvalue weighted by Gasteiger charge is -2.04. The van der Waals surface area contributed by atoms with Crippen LogP contribution in [0.1, 0.15) is 25.6 Å². The number of hydrogen-bond donors (Lipinski definition) is 0. The standard InChI is InChI=1S/C14H14IN3O2/c1-9(2)18-6-5-11(16-18)8-17-12-4-3-10(15)7-13(12)20-14(17)19/h3-7,9H,8H2,1-2H3. The highest BCUT2D eigenvalue weighted by molar-refractivity contribution is 14.1. The Morgan fingerprint density at radius 3 is 2.85 bits per heavy atom. The van der Waals surface area contributed by atoms with Crippen LogP contribution in [0.4, 0.5) is 0 Å². The molecule has 0 fully saturated rings. The molecule has 0 unspecified atom stereocenters. The molecule has 0 saturated carbocycles. The van der Waals surface area contributed by atoms with Crippen LogP contribution in [0.5, 0.6) is 0 Å². The maximum Gasteiger partial charge on any atom is 0.420 e. The van der Waals surface area contributed by atoms with E-state index in [-0.39, 0.29) is 5.76 Å². The maximum atomic E-state index is 12.0. The fraction of sp³-hybridized carbons (Fsp3) is 0.286.